The van der Waals surface area contributed by atoms with Crippen LogP contribution in [0.15, 0.2) is 11.6 Å². The van der Waals surface area contributed by atoms with Crippen LogP contribution in [0.1, 0.15) is 45.4 Å². The van der Waals surface area contributed by atoms with Crippen molar-refractivity contribution in [2.75, 3.05) is 0 Å². The molecule has 1 fully saturated rings. The smallest absolute Gasteiger partial charge is 0.277 e. The molecule has 0 radical (unpaired) electrons. The molecule has 0 atom stereocenters. The molecule has 0 aromatic heterocycles. The van der Waals surface area contributed by atoms with Crippen molar-refractivity contribution in [3.8, 4) is 0 Å². The largest absolute Gasteiger partial charge is 1.00 e. The van der Waals surface area contributed by atoms with E-state index in [0.717, 1.165) is 37.7 Å². The zero-order valence-electron chi connectivity index (χ0n) is 11.5. The third-order valence-corrected chi connectivity index (χ3v) is 3.85. The van der Waals surface area contributed by atoms with Gasteiger partial charge in [-0.15, -0.1) is 0 Å². The topological polar surface area (TPSA) is 75.3 Å². The number of carbonyl (C=O) groups is 3. The summed E-state index contributed by atoms with van der Waals surface area (Å²) >= 11 is 0. The SMILES string of the molecule is CCC1(C2=CCCCCC2)C(=O)NC(=O)NC1=O.[Na+]. The number of urea groups is 1. The normalized spacial score (nSPS) is 22.6. The van der Waals surface area contributed by atoms with E-state index < -0.39 is 23.3 Å². The molecule has 4 amide bonds. The van der Waals surface area contributed by atoms with E-state index in [1.807, 2.05) is 6.08 Å². The van der Waals surface area contributed by atoms with Gasteiger partial charge in [-0.25, -0.2) is 4.79 Å². The average molecular weight is 273 g/mol. The van der Waals surface area contributed by atoms with Crippen LogP contribution in [0, 0.1) is 5.41 Å². The van der Waals surface area contributed by atoms with Crippen molar-refractivity contribution in [2.45, 2.75) is 45.4 Å². The first-order valence-electron chi connectivity index (χ1n) is 6.47. The van der Waals surface area contributed by atoms with Gasteiger partial charge in [0.1, 0.15) is 5.41 Å². The van der Waals surface area contributed by atoms with Crippen LogP contribution < -0.4 is 40.2 Å². The monoisotopic (exact) mass is 273 g/mol. The Hall–Kier alpha value is -0.650. The Kier molecular flexibility index (Phi) is 5.77. The molecular formula is C13H18N2NaO3+. The molecule has 0 saturated carbocycles. The summed E-state index contributed by atoms with van der Waals surface area (Å²) in [5.41, 5.74) is -0.317. The zero-order chi connectivity index (χ0) is 13.2. The summed E-state index contributed by atoms with van der Waals surface area (Å²) in [6.45, 7) is 1.81. The van der Waals surface area contributed by atoms with Gasteiger partial charge in [0, 0.05) is 0 Å². The summed E-state index contributed by atoms with van der Waals surface area (Å²) in [5, 5.41) is 4.44. The standard InChI is InChI=1S/C13H18N2O3.Na/c1-2-13(9-7-5-3-4-6-8-9)10(16)14-12(18)15-11(13)17;/h7H,2-6,8H2,1H3,(H2,14,15,16,17,18);/q;+1. The summed E-state index contributed by atoms with van der Waals surface area (Å²) in [6, 6.07) is -0.719. The minimum Gasteiger partial charge on any atom is -0.277 e. The fourth-order valence-corrected chi connectivity index (χ4v) is 2.80. The van der Waals surface area contributed by atoms with Crippen molar-refractivity contribution < 1.29 is 43.9 Å². The Morgan fingerprint density at radius 2 is 1.74 bits per heavy atom. The molecule has 1 aliphatic carbocycles. The molecule has 1 heterocycles. The third kappa shape index (κ3) is 2.93. The molecule has 2 aliphatic rings. The fourth-order valence-electron chi connectivity index (χ4n) is 2.80. The number of hydrogen-bond donors (Lipinski definition) is 2. The van der Waals surface area contributed by atoms with E-state index in [0.29, 0.717) is 6.42 Å². The van der Waals surface area contributed by atoms with Gasteiger partial charge in [0.05, 0.1) is 0 Å². The molecule has 0 aromatic carbocycles. The van der Waals surface area contributed by atoms with E-state index in [4.69, 9.17) is 0 Å². The molecule has 0 unspecified atom stereocenters. The van der Waals surface area contributed by atoms with Crippen LogP contribution in [0.3, 0.4) is 0 Å². The predicted molar refractivity (Wildman–Crippen MR) is 65.6 cm³/mol. The molecule has 19 heavy (non-hydrogen) atoms. The Labute approximate surface area is 134 Å². The molecule has 2 rings (SSSR count). The maximum Gasteiger partial charge on any atom is 1.00 e. The Bertz CT molecular complexity index is 412. The molecule has 5 nitrogen and oxygen atoms in total. The number of nitrogens with one attached hydrogen (secondary N) is 2. The molecule has 0 aromatic rings. The fraction of sp³-hybridized carbons (Fsp3) is 0.615. The van der Waals surface area contributed by atoms with Gasteiger partial charge < -0.3 is 0 Å². The van der Waals surface area contributed by atoms with E-state index >= 15 is 0 Å². The number of carbonyl (C=O) groups excluding carboxylic acids is 3. The van der Waals surface area contributed by atoms with Crippen molar-refractivity contribution in [3.63, 3.8) is 0 Å². The quantitative estimate of drug-likeness (QED) is 0.371. The van der Waals surface area contributed by atoms with E-state index in [-0.39, 0.29) is 29.6 Å². The third-order valence-electron chi connectivity index (χ3n) is 3.85. The van der Waals surface area contributed by atoms with Crippen LogP contribution in [-0.4, -0.2) is 17.8 Å². The number of imide groups is 2. The Morgan fingerprint density at radius 3 is 2.32 bits per heavy atom. The molecular weight excluding hydrogens is 255 g/mol. The summed E-state index contributed by atoms with van der Waals surface area (Å²) < 4.78 is 0. The molecule has 98 valence electrons. The molecule has 2 N–H and O–H groups in total. The Balaban J connectivity index is 0.00000180. The Morgan fingerprint density at radius 1 is 1.11 bits per heavy atom. The molecule has 0 bridgehead atoms. The summed E-state index contributed by atoms with van der Waals surface area (Å²) in [6.07, 6.45) is 7.22. The van der Waals surface area contributed by atoms with Crippen molar-refractivity contribution in [1.29, 1.82) is 0 Å². The van der Waals surface area contributed by atoms with Gasteiger partial charge in [-0.05, 0) is 37.7 Å². The predicted octanol–water partition coefficient (Wildman–Crippen LogP) is -1.36. The number of hydrogen-bond acceptors (Lipinski definition) is 3. The van der Waals surface area contributed by atoms with Crippen LogP contribution in [-0.2, 0) is 9.59 Å². The first-order valence-corrected chi connectivity index (χ1v) is 6.47. The maximum absolute atomic E-state index is 12.1. The van der Waals surface area contributed by atoms with Crippen LogP contribution in [0.25, 0.3) is 0 Å². The van der Waals surface area contributed by atoms with Crippen molar-refractivity contribution in [1.82, 2.24) is 10.6 Å². The second kappa shape index (κ2) is 6.68. The molecule has 0 spiro atoms. The van der Waals surface area contributed by atoms with Gasteiger partial charge in [0.2, 0.25) is 11.8 Å². The van der Waals surface area contributed by atoms with Crippen LogP contribution in [0.2, 0.25) is 0 Å². The minimum atomic E-state index is -1.18. The second-order valence-corrected chi connectivity index (χ2v) is 4.82. The number of barbiturate groups is 1. The van der Waals surface area contributed by atoms with Crippen LogP contribution >= 0.6 is 0 Å². The van der Waals surface area contributed by atoms with Gasteiger partial charge in [-0.2, -0.15) is 0 Å². The first-order chi connectivity index (χ1) is 8.61. The van der Waals surface area contributed by atoms with E-state index in [1.54, 1.807) is 6.92 Å². The van der Waals surface area contributed by atoms with Gasteiger partial charge in [-0.3, -0.25) is 20.2 Å². The minimum absolute atomic E-state index is 0. The van der Waals surface area contributed by atoms with Crippen LogP contribution in [0.4, 0.5) is 4.79 Å². The number of allylic oxidation sites excluding steroid dienone is 1. The van der Waals surface area contributed by atoms with E-state index in [9.17, 15) is 14.4 Å². The first kappa shape index (κ1) is 16.4. The summed E-state index contributed by atoms with van der Waals surface area (Å²) in [5.74, 6) is -0.959. The number of amides is 4. The van der Waals surface area contributed by atoms with E-state index in [2.05, 4.69) is 10.6 Å². The van der Waals surface area contributed by atoms with Gasteiger partial charge >= 0.3 is 35.6 Å². The van der Waals surface area contributed by atoms with Gasteiger partial charge in [0.25, 0.3) is 0 Å². The van der Waals surface area contributed by atoms with Crippen molar-refractivity contribution in [3.05, 3.63) is 11.6 Å². The summed E-state index contributed by atoms with van der Waals surface area (Å²) in [7, 11) is 0. The zero-order valence-corrected chi connectivity index (χ0v) is 13.5. The maximum atomic E-state index is 12.1. The number of rotatable bonds is 2. The van der Waals surface area contributed by atoms with E-state index in [1.165, 1.54) is 0 Å². The second-order valence-electron chi connectivity index (χ2n) is 4.82. The summed E-state index contributed by atoms with van der Waals surface area (Å²) in [4.78, 5) is 35.4. The molecule has 6 heteroatoms. The van der Waals surface area contributed by atoms with Crippen LogP contribution in [0.5, 0.6) is 0 Å². The van der Waals surface area contributed by atoms with Crippen molar-refractivity contribution >= 4 is 17.8 Å². The molecule has 1 aliphatic heterocycles. The van der Waals surface area contributed by atoms with Crippen molar-refractivity contribution in [2.24, 2.45) is 5.41 Å². The van der Waals surface area contributed by atoms with Gasteiger partial charge in [0.15, 0.2) is 0 Å². The van der Waals surface area contributed by atoms with Gasteiger partial charge in [-0.1, -0.05) is 19.4 Å². The molecule has 1 saturated heterocycles. The average Bonchev–Trinajstić information content (AvgIpc) is 2.58.